The van der Waals surface area contributed by atoms with Gasteiger partial charge >= 0.3 is 0 Å². The molecule has 0 atom stereocenters. The fourth-order valence-corrected chi connectivity index (χ4v) is 4.70. The van der Waals surface area contributed by atoms with Crippen LogP contribution in [0.2, 0.25) is 0 Å². The Morgan fingerprint density at radius 2 is 1.23 bits per heavy atom. The largest absolute Gasteiger partial charge is 0.373 e. The summed E-state index contributed by atoms with van der Waals surface area (Å²) in [5.41, 5.74) is 0.0575. The highest BCUT2D eigenvalue weighted by Crippen LogP contribution is 2.39. The lowest BCUT2D eigenvalue weighted by Gasteiger charge is -2.29. The fraction of sp³-hybridized carbons (Fsp3) is 0.357. The molecule has 0 aliphatic heterocycles. The van der Waals surface area contributed by atoms with Crippen LogP contribution in [0.15, 0.2) is 36.4 Å². The first-order valence-electron chi connectivity index (χ1n) is 11.7. The minimum atomic E-state index is -1.21. The third kappa shape index (κ3) is 4.96. The Labute approximate surface area is 200 Å². The third-order valence-electron chi connectivity index (χ3n) is 6.89. The fourth-order valence-electron chi connectivity index (χ4n) is 4.70. The van der Waals surface area contributed by atoms with Crippen LogP contribution >= 0.6 is 0 Å². The lowest BCUT2D eigenvalue weighted by Crippen LogP contribution is -2.21. The van der Waals surface area contributed by atoms with Gasteiger partial charge in [-0.25, -0.2) is 26.3 Å². The van der Waals surface area contributed by atoms with Gasteiger partial charge in [0.05, 0.1) is 12.7 Å². The van der Waals surface area contributed by atoms with E-state index in [1.54, 1.807) is 6.92 Å². The molecule has 1 fully saturated rings. The summed E-state index contributed by atoms with van der Waals surface area (Å²) in [6, 6.07) is 8.33. The first kappa shape index (κ1) is 25.3. The minimum Gasteiger partial charge on any atom is -0.373 e. The van der Waals surface area contributed by atoms with Crippen molar-refractivity contribution in [3.05, 3.63) is 93.6 Å². The quantitative estimate of drug-likeness (QED) is 0.315. The molecule has 0 aromatic heterocycles. The molecule has 1 aliphatic rings. The number of ether oxygens (including phenoxy) is 1. The number of rotatable bonds is 6. The van der Waals surface area contributed by atoms with Crippen molar-refractivity contribution in [3.8, 4) is 11.1 Å². The first-order valence-corrected chi connectivity index (χ1v) is 11.7. The molecule has 7 heteroatoms. The molecule has 0 N–H and O–H groups in total. The van der Waals surface area contributed by atoms with Crippen molar-refractivity contribution in [1.82, 2.24) is 0 Å². The van der Waals surface area contributed by atoms with Gasteiger partial charge in [-0.1, -0.05) is 43.3 Å². The SMILES string of the molecule is CCc1ccc(-c2ccc(C3CCC(OCc4ccc(C)c(F)c4F)CC3)c(F)c2F)c(F)c1F. The number of halogens is 6. The van der Waals surface area contributed by atoms with E-state index in [-0.39, 0.29) is 58.4 Å². The van der Waals surface area contributed by atoms with Gasteiger partial charge in [0.1, 0.15) is 0 Å². The van der Waals surface area contributed by atoms with Crippen molar-refractivity contribution < 1.29 is 31.1 Å². The molecule has 3 aromatic carbocycles. The van der Waals surface area contributed by atoms with Crippen molar-refractivity contribution in [2.24, 2.45) is 0 Å². The molecule has 0 amide bonds. The lowest BCUT2D eigenvalue weighted by atomic mass is 9.82. The summed E-state index contributed by atoms with van der Waals surface area (Å²) in [6.45, 7) is 3.08. The highest BCUT2D eigenvalue weighted by molar-refractivity contribution is 5.66. The zero-order chi connectivity index (χ0) is 25.3. The van der Waals surface area contributed by atoms with Gasteiger partial charge in [-0.3, -0.25) is 0 Å². The number of hydrogen-bond acceptors (Lipinski definition) is 1. The second-order valence-corrected chi connectivity index (χ2v) is 9.04. The van der Waals surface area contributed by atoms with Crippen molar-refractivity contribution in [2.75, 3.05) is 0 Å². The Hall–Kier alpha value is -2.80. The van der Waals surface area contributed by atoms with Crippen molar-refractivity contribution in [3.63, 3.8) is 0 Å². The van der Waals surface area contributed by atoms with E-state index in [0.717, 1.165) is 0 Å². The van der Waals surface area contributed by atoms with Crippen LogP contribution in [0, 0.1) is 41.8 Å². The maximum Gasteiger partial charge on any atom is 0.167 e. The summed E-state index contributed by atoms with van der Waals surface area (Å²) in [5, 5.41) is 0. The average molecular weight is 493 g/mol. The highest BCUT2D eigenvalue weighted by Gasteiger charge is 2.28. The topological polar surface area (TPSA) is 9.23 Å². The van der Waals surface area contributed by atoms with E-state index in [0.29, 0.717) is 25.7 Å². The van der Waals surface area contributed by atoms with Crippen LogP contribution in [0.25, 0.3) is 11.1 Å². The van der Waals surface area contributed by atoms with E-state index in [4.69, 9.17) is 4.74 Å². The predicted octanol–water partition coefficient (Wildman–Crippen LogP) is 8.30. The lowest BCUT2D eigenvalue weighted by molar-refractivity contribution is 0.0116. The van der Waals surface area contributed by atoms with Gasteiger partial charge in [-0.15, -0.1) is 0 Å². The normalized spacial score (nSPS) is 18.2. The minimum absolute atomic E-state index is 0.0744. The number of aryl methyl sites for hydroxylation is 2. The van der Waals surface area contributed by atoms with Gasteiger partial charge in [0.2, 0.25) is 0 Å². The van der Waals surface area contributed by atoms with Gasteiger partial charge in [0.25, 0.3) is 0 Å². The van der Waals surface area contributed by atoms with Gasteiger partial charge in [-0.05, 0) is 61.6 Å². The predicted molar refractivity (Wildman–Crippen MR) is 122 cm³/mol. The summed E-state index contributed by atoms with van der Waals surface area (Å²) in [4.78, 5) is 0. The first-order chi connectivity index (χ1) is 16.7. The third-order valence-corrected chi connectivity index (χ3v) is 6.89. The number of benzene rings is 3. The molecule has 1 nitrogen and oxygen atoms in total. The smallest absolute Gasteiger partial charge is 0.167 e. The van der Waals surface area contributed by atoms with Crippen molar-refractivity contribution in [1.29, 1.82) is 0 Å². The van der Waals surface area contributed by atoms with Gasteiger partial charge in [-0.2, -0.15) is 0 Å². The standard InChI is InChI=1S/C28H26F6O/c1-3-16-8-11-21(27(33)24(16)30)22-13-12-20(26(32)28(22)34)17-6-9-19(10-7-17)35-14-18-5-4-15(2)23(29)25(18)31/h4-5,8,11-13,17,19H,3,6-7,9-10,14H2,1-2H3. The van der Waals surface area contributed by atoms with Crippen molar-refractivity contribution in [2.45, 2.75) is 64.6 Å². The Balaban J connectivity index is 1.44. The zero-order valence-corrected chi connectivity index (χ0v) is 19.5. The summed E-state index contributed by atoms with van der Waals surface area (Å²) in [5.74, 6) is -6.60. The van der Waals surface area contributed by atoms with Crippen LogP contribution < -0.4 is 0 Å². The molecular formula is C28H26F6O. The number of hydrogen-bond donors (Lipinski definition) is 0. The van der Waals surface area contributed by atoms with Gasteiger partial charge in [0.15, 0.2) is 34.9 Å². The van der Waals surface area contributed by atoms with Crippen molar-refractivity contribution >= 4 is 0 Å². The summed E-state index contributed by atoms with van der Waals surface area (Å²) >= 11 is 0. The molecule has 186 valence electrons. The van der Waals surface area contributed by atoms with Crippen LogP contribution in [0.4, 0.5) is 26.3 Å². The molecule has 35 heavy (non-hydrogen) atoms. The van der Waals surface area contributed by atoms with E-state index in [2.05, 4.69) is 0 Å². The second-order valence-electron chi connectivity index (χ2n) is 9.04. The highest BCUT2D eigenvalue weighted by atomic mass is 19.2. The van der Waals surface area contributed by atoms with E-state index in [9.17, 15) is 26.3 Å². The van der Waals surface area contributed by atoms with Gasteiger partial charge < -0.3 is 4.74 Å². The second kappa shape index (κ2) is 10.4. The Bertz CT molecular complexity index is 1230. The molecule has 0 unspecified atom stereocenters. The molecular weight excluding hydrogens is 466 g/mol. The van der Waals surface area contributed by atoms with Crippen LogP contribution in [0.5, 0.6) is 0 Å². The molecule has 0 heterocycles. The summed E-state index contributed by atoms with van der Waals surface area (Å²) in [7, 11) is 0. The summed E-state index contributed by atoms with van der Waals surface area (Å²) < 4.78 is 92.1. The van der Waals surface area contributed by atoms with Gasteiger partial charge in [0, 0.05) is 16.7 Å². The van der Waals surface area contributed by atoms with Crippen LogP contribution in [-0.4, -0.2) is 6.10 Å². The van der Waals surface area contributed by atoms with Crippen LogP contribution in [-0.2, 0) is 17.8 Å². The molecule has 1 aliphatic carbocycles. The molecule has 1 saturated carbocycles. The molecule has 0 spiro atoms. The van der Waals surface area contributed by atoms with E-state index in [1.807, 2.05) is 0 Å². The maximum atomic E-state index is 15.0. The zero-order valence-electron chi connectivity index (χ0n) is 19.5. The maximum absolute atomic E-state index is 15.0. The average Bonchev–Trinajstić information content (AvgIpc) is 2.86. The molecule has 3 aromatic rings. The summed E-state index contributed by atoms with van der Waals surface area (Å²) in [6.07, 6.45) is 2.18. The van der Waals surface area contributed by atoms with Crippen LogP contribution in [0.3, 0.4) is 0 Å². The Morgan fingerprint density at radius 3 is 1.89 bits per heavy atom. The molecule has 0 radical (unpaired) electrons. The molecule has 0 saturated heterocycles. The Morgan fingerprint density at radius 1 is 0.657 bits per heavy atom. The molecule has 0 bridgehead atoms. The van der Waals surface area contributed by atoms with E-state index < -0.39 is 34.9 Å². The monoisotopic (exact) mass is 492 g/mol. The Kier molecular flexibility index (Phi) is 7.55. The molecule has 4 rings (SSSR count). The van der Waals surface area contributed by atoms with E-state index in [1.165, 1.54) is 43.3 Å². The van der Waals surface area contributed by atoms with Crippen LogP contribution in [0.1, 0.15) is 60.8 Å². The van der Waals surface area contributed by atoms with E-state index >= 15 is 0 Å².